The fourth-order valence-electron chi connectivity index (χ4n) is 4.46. The molecule has 0 aliphatic rings. The highest BCUT2D eigenvalue weighted by Crippen LogP contribution is 2.22. The first-order valence-corrected chi connectivity index (χ1v) is 13.2. The third-order valence-corrected chi connectivity index (χ3v) is 6.97. The Balaban J connectivity index is 1.48. The van der Waals surface area contributed by atoms with Crippen molar-refractivity contribution in [2.75, 3.05) is 5.73 Å². The molecule has 40 heavy (non-hydrogen) atoms. The van der Waals surface area contributed by atoms with Crippen molar-refractivity contribution < 1.29 is 4.79 Å². The molecule has 1 amide bonds. The normalized spacial score (nSPS) is 11.8. The van der Waals surface area contributed by atoms with Gasteiger partial charge < -0.3 is 11.1 Å². The summed E-state index contributed by atoms with van der Waals surface area (Å²) >= 11 is 1.42. The van der Waals surface area contributed by atoms with E-state index in [1.165, 1.54) is 20.4 Å². The van der Waals surface area contributed by atoms with Gasteiger partial charge in [-0.1, -0.05) is 30.2 Å². The van der Waals surface area contributed by atoms with Gasteiger partial charge in [-0.15, -0.1) is 11.3 Å². The zero-order valence-electron chi connectivity index (χ0n) is 21.5. The predicted molar refractivity (Wildman–Crippen MR) is 153 cm³/mol. The maximum absolute atomic E-state index is 14.1. The number of fused-ring (bicyclic) bond motifs is 2. The quantitative estimate of drug-likeness (QED) is 0.322. The van der Waals surface area contributed by atoms with Gasteiger partial charge in [-0.2, -0.15) is 5.10 Å². The van der Waals surface area contributed by atoms with E-state index in [1.807, 2.05) is 37.3 Å². The lowest BCUT2D eigenvalue weighted by atomic mass is 10.1. The van der Waals surface area contributed by atoms with E-state index in [9.17, 15) is 9.59 Å². The van der Waals surface area contributed by atoms with E-state index in [2.05, 4.69) is 32.2 Å². The van der Waals surface area contributed by atoms with Gasteiger partial charge in [-0.05, 0) is 56.2 Å². The molecule has 0 aliphatic heterocycles. The number of para-hydroxylation sites is 1. The zero-order valence-corrected chi connectivity index (χ0v) is 22.3. The minimum absolute atomic E-state index is 0.0545. The molecule has 0 unspecified atom stereocenters. The number of thiazole rings is 1. The maximum atomic E-state index is 14.1. The summed E-state index contributed by atoms with van der Waals surface area (Å²) < 4.78 is 2.92. The van der Waals surface area contributed by atoms with Crippen LogP contribution >= 0.6 is 11.3 Å². The summed E-state index contributed by atoms with van der Waals surface area (Å²) in [6.07, 6.45) is 1.68. The Morgan fingerprint density at radius 3 is 2.65 bits per heavy atom. The van der Waals surface area contributed by atoms with Gasteiger partial charge in [0.25, 0.3) is 11.5 Å². The second kappa shape index (κ2) is 10.1. The molecule has 4 aromatic heterocycles. The molecular weight excluding hydrogens is 524 g/mol. The zero-order chi connectivity index (χ0) is 27.8. The number of nitrogens with two attached hydrogens (primary N) is 1. The van der Waals surface area contributed by atoms with Crippen molar-refractivity contribution in [2.45, 2.75) is 19.9 Å². The van der Waals surface area contributed by atoms with Crippen LogP contribution in [0.25, 0.3) is 22.2 Å². The lowest BCUT2D eigenvalue weighted by molar-refractivity contribution is 0.0931. The van der Waals surface area contributed by atoms with E-state index in [-0.39, 0.29) is 17.1 Å². The van der Waals surface area contributed by atoms with Crippen LogP contribution in [-0.2, 0) is 0 Å². The summed E-state index contributed by atoms with van der Waals surface area (Å²) in [6.45, 7) is 3.57. The molecule has 4 heterocycles. The molecular formula is C29H22N8O2S. The third kappa shape index (κ3) is 4.46. The molecule has 10 nitrogen and oxygen atoms in total. The van der Waals surface area contributed by atoms with E-state index in [1.54, 1.807) is 49.0 Å². The molecule has 3 N–H and O–H groups in total. The molecule has 196 valence electrons. The van der Waals surface area contributed by atoms with E-state index in [0.29, 0.717) is 39.3 Å². The van der Waals surface area contributed by atoms with Crippen LogP contribution in [0.2, 0.25) is 0 Å². The van der Waals surface area contributed by atoms with Crippen LogP contribution in [0.1, 0.15) is 45.4 Å². The summed E-state index contributed by atoms with van der Waals surface area (Å²) in [4.78, 5) is 41.5. The summed E-state index contributed by atoms with van der Waals surface area (Å²) in [5.41, 5.74) is 10.4. The fourth-order valence-corrected chi connectivity index (χ4v) is 4.93. The topological polar surface area (TPSA) is 133 Å². The average Bonchev–Trinajstić information content (AvgIpc) is 3.58. The number of aromatic nitrogens is 6. The van der Waals surface area contributed by atoms with E-state index < -0.39 is 11.9 Å². The predicted octanol–water partition coefficient (Wildman–Crippen LogP) is 3.67. The van der Waals surface area contributed by atoms with Gasteiger partial charge in [0.15, 0.2) is 17.2 Å². The molecule has 1 atom stereocenters. The minimum atomic E-state index is -0.688. The summed E-state index contributed by atoms with van der Waals surface area (Å²) in [5.74, 6) is 6.08. The summed E-state index contributed by atoms with van der Waals surface area (Å²) in [5, 5.41) is 7.71. The molecule has 0 radical (unpaired) electrons. The highest BCUT2D eigenvalue weighted by atomic mass is 32.1. The molecule has 6 aromatic rings. The Hall–Kier alpha value is -5.34. The van der Waals surface area contributed by atoms with Crippen LogP contribution in [0, 0.1) is 18.8 Å². The SMILES string of the molecule is Cc1ccc2nc(N)c(C(=O)N[C@H](C)c3nc4cccc(C#Cc5cncs5)c4c(=O)n3-c3ccccc3)n2n1. The molecule has 11 heteroatoms. The highest BCUT2D eigenvalue weighted by molar-refractivity contribution is 7.10. The molecule has 0 aliphatic carbocycles. The van der Waals surface area contributed by atoms with Crippen molar-refractivity contribution in [3.63, 3.8) is 0 Å². The van der Waals surface area contributed by atoms with Crippen molar-refractivity contribution in [2.24, 2.45) is 0 Å². The number of hydrogen-bond acceptors (Lipinski definition) is 8. The molecule has 2 aromatic carbocycles. The number of carbonyl (C=O) groups excluding carboxylic acids is 1. The van der Waals surface area contributed by atoms with Crippen LogP contribution in [0.3, 0.4) is 0 Å². The Kier molecular flexibility index (Phi) is 6.30. The number of rotatable bonds is 4. The van der Waals surface area contributed by atoms with E-state index in [0.717, 1.165) is 4.88 Å². The fraction of sp³-hybridized carbons (Fsp3) is 0.103. The lowest BCUT2D eigenvalue weighted by Gasteiger charge is -2.20. The van der Waals surface area contributed by atoms with Crippen LogP contribution < -0.4 is 16.6 Å². The Bertz CT molecular complexity index is 2020. The molecule has 0 saturated heterocycles. The second-order valence-electron chi connectivity index (χ2n) is 9.05. The van der Waals surface area contributed by atoms with Crippen LogP contribution in [0.15, 0.2) is 77.2 Å². The van der Waals surface area contributed by atoms with Crippen molar-refractivity contribution in [3.05, 3.63) is 110 Å². The van der Waals surface area contributed by atoms with Crippen molar-refractivity contribution in [1.82, 2.24) is 34.4 Å². The van der Waals surface area contributed by atoms with E-state index >= 15 is 0 Å². The second-order valence-corrected chi connectivity index (χ2v) is 9.93. The smallest absolute Gasteiger partial charge is 0.274 e. The monoisotopic (exact) mass is 546 g/mol. The molecule has 0 saturated carbocycles. The summed E-state index contributed by atoms with van der Waals surface area (Å²) in [6, 6.07) is 17.4. The van der Waals surface area contributed by atoms with E-state index in [4.69, 9.17) is 10.7 Å². The third-order valence-electron chi connectivity index (χ3n) is 6.28. The van der Waals surface area contributed by atoms with Crippen molar-refractivity contribution >= 4 is 39.6 Å². The number of amides is 1. The molecule has 0 spiro atoms. The van der Waals surface area contributed by atoms with Gasteiger partial charge in [0.1, 0.15) is 5.82 Å². The molecule has 0 fully saturated rings. The number of benzene rings is 2. The summed E-state index contributed by atoms with van der Waals surface area (Å²) in [7, 11) is 0. The molecule has 6 rings (SSSR count). The molecule has 0 bridgehead atoms. The van der Waals surface area contributed by atoms with Gasteiger partial charge in [-0.3, -0.25) is 19.1 Å². The Labute approximate surface area is 232 Å². The van der Waals surface area contributed by atoms with Gasteiger partial charge in [0, 0.05) is 5.56 Å². The Morgan fingerprint density at radius 1 is 1.05 bits per heavy atom. The van der Waals surface area contributed by atoms with Crippen molar-refractivity contribution in [3.8, 4) is 17.5 Å². The number of nitrogen functional groups attached to an aromatic ring is 1. The van der Waals surface area contributed by atoms with Crippen molar-refractivity contribution in [1.29, 1.82) is 0 Å². The van der Waals surface area contributed by atoms with Gasteiger partial charge >= 0.3 is 0 Å². The standard InChI is InChI=1S/C29H22N8O2S/c1-17-11-14-23-34-26(30)25(37(23)35-17)28(38)32-18(2)27-33-22-10-6-7-19(12-13-21-15-31-16-40-21)24(22)29(39)36(27)20-8-4-3-5-9-20/h3-11,14-16,18H,30H2,1-2H3,(H,32,38)/t18-/m1/s1. The number of hydrogen-bond donors (Lipinski definition) is 2. The first kappa shape index (κ1) is 25.0. The van der Waals surface area contributed by atoms with Gasteiger partial charge in [-0.25, -0.2) is 14.5 Å². The number of carbonyl (C=O) groups is 1. The van der Waals surface area contributed by atoms with Crippen LogP contribution in [0.4, 0.5) is 5.82 Å². The average molecular weight is 547 g/mol. The van der Waals surface area contributed by atoms with Crippen LogP contribution in [0.5, 0.6) is 0 Å². The van der Waals surface area contributed by atoms with Crippen LogP contribution in [-0.4, -0.2) is 35.0 Å². The minimum Gasteiger partial charge on any atom is -0.382 e. The largest absolute Gasteiger partial charge is 0.382 e. The first-order valence-electron chi connectivity index (χ1n) is 12.3. The van der Waals surface area contributed by atoms with Gasteiger partial charge in [0.05, 0.1) is 44.9 Å². The highest BCUT2D eigenvalue weighted by Gasteiger charge is 2.24. The number of anilines is 1. The van der Waals surface area contributed by atoms with Gasteiger partial charge in [0.2, 0.25) is 0 Å². The Morgan fingerprint density at radius 2 is 1.88 bits per heavy atom. The maximum Gasteiger partial charge on any atom is 0.274 e. The number of nitrogens with one attached hydrogen (secondary N) is 1. The number of aryl methyl sites for hydroxylation is 1. The lowest BCUT2D eigenvalue weighted by Crippen LogP contribution is -2.34. The number of imidazole rings is 1. The number of nitrogens with zero attached hydrogens (tertiary/aromatic N) is 6. The first-order chi connectivity index (χ1) is 19.4.